The molecule has 1 atom stereocenters. The largest absolute Gasteiger partial charge is 0.497 e. The number of aromatic nitrogens is 1. The van der Waals surface area contributed by atoms with Gasteiger partial charge in [0, 0.05) is 36.1 Å². The normalized spacial score (nSPS) is 11.9. The molecule has 31 heavy (non-hydrogen) atoms. The second kappa shape index (κ2) is 10.2. The third-order valence-corrected chi connectivity index (χ3v) is 5.61. The van der Waals surface area contributed by atoms with E-state index < -0.39 is 0 Å². The summed E-state index contributed by atoms with van der Waals surface area (Å²) in [6.07, 6.45) is 0.972. The zero-order valence-corrected chi connectivity index (χ0v) is 18.6. The van der Waals surface area contributed by atoms with Crippen LogP contribution in [0.2, 0.25) is 0 Å². The van der Waals surface area contributed by atoms with Crippen LogP contribution in [0.3, 0.4) is 0 Å². The van der Waals surface area contributed by atoms with E-state index in [2.05, 4.69) is 11.1 Å². The van der Waals surface area contributed by atoms with E-state index >= 15 is 0 Å². The summed E-state index contributed by atoms with van der Waals surface area (Å²) in [5, 5.41) is 1.12. The Bertz CT molecular complexity index is 1040. The SMILES string of the molecule is CCN(CC(C)C(=O)OC)C(=O)CCc1c(-c2ccc(OC)cc2)[nH]c2ccccc12. The van der Waals surface area contributed by atoms with E-state index in [0.29, 0.717) is 25.9 Å². The molecule has 1 N–H and O–H groups in total. The number of ether oxygens (including phenoxy) is 2. The monoisotopic (exact) mass is 422 g/mol. The van der Waals surface area contributed by atoms with Gasteiger partial charge in [-0.1, -0.05) is 25.1 Å². The van der Waals surface area contributed by atoms with Crippen LogP contribution in [-0.2, 0) is 20.7 Å². The molecule has 1 heterocycles. The quantitative estimate of drug-likeness (QED) is 0.518. The Hall–Kier alpha value is -3.28. The Morgan fingerprint density at radius 1 is 1.06 bits per heavy atom. The minimum atomic E-state index is -0.350. The summed E-state index contributed by atoms with van der Waals surface area (Å²) in [5.74, 6) is 0.181. The highest BCUT2D eigenvalue weighted by molar-refractivity contribution is 5.91. The molecule has 6 nitrogen and oxygen atoms in total. The number of hydrogen-bond donors (Lipinski definition) is 1. The molecule has 0 aliphatic carbocycles. The second-order valence-corrected chi connectivity index (χ2v) is 7.61. The average molecular weight is 423 g/mol. The molecular weight excluding hydrogens is 392 g/mol. The van der Waals surface area contributed by atoms with Gasteiger partial charge in [-0.15, -0.1) is 0 Å². The fraction of sp³-hybridized carbons (Fsp3) is 0.360. The van der Waals surface area contributed by atoms with E-state index in [9.17, 15) is 9.59 Å². The standard InChI is InChI=1S/C25H30N2O4/c1-5-27(16-17(2)25(29)31-4)23(28)15-14-21-20-8-6-7-9-22(20)26-24(21)18-10-12-19(30-3)13-11-18/h6-13,17,26H,5,14-16H2,1-4H3. The smallest absolute Gasteiger partial charge is 0.310 e. The van der Waals surface area contributed by atoms with E-state index in [1.54, 1.807) is 18.9 Å². The summed E-state index contributed by atoms with van der Waals surface area (Å²) in [4.78, 5) is 29.9. The predicted molar refractivity (Wildman–Crippen MR) is 122 cm³/mol. The zero-order chi connectivity index (χ0) is 22.4. The predicted octanol–water partition coefficient (Wildman–Crippen LogP) is 4.43. The Morgan fingerprint density at radius 2 is 1.77 bits per heavy atom. The minimum absolute atomic E-state index is 0.0317. The number of methoxy groups -OCH3 is 2. The van der Waals surface area contributed by atoms with Gasteiger partial charge in [0.2, 0.25) is 5.91 Å². The maximum Gasteiger partial charge on any atom is 0.310 e. The molecule has 0 bridgehead atoms. The van der Waals surface area contributed by atoms with Crippen molar-refractivity contribution in [2.75, 3.05) is 27.3 Å². The van der Waals surface area contributed by atoms with Crippen LogP contribution in [0.1, 0.15) is 25.8 Å². The van der Waals surface area contributed by atoms with E-state index in [1.165, 1.54) is 7.11 Å². The molecule has 1 amide bonds. The molecule has 1 unspecified atom stereocenters. The number of H-pyrrole nitrogens is 1. The van der Waals surface area contributed by atoms with Crippen molar-refractivity contribution in [1.29, 1.82) is 0 Å². The summed E-state index contributed by atoms with van der Waals surface area (Å²) >= 11 is 0. The van der Waals surface area contributed by atoms with E-state index in [1.807, 2.05) is 49.4 Å². The van der Waals surface area contributed by atoms with E-state index in [4.69, 9.17) is 9.47 Å². The maximum atomic E-state index is 12.9. The number of hydrogen-bond acceptors (Lipinski definition) is 4. The summed E-state index contributed by atoms with van der Waals surface area (Å²) in [6, 6.07) is 16.0. The van der Waals surface area contributed by atoms with Crippen molar-refractivity contribution in [3.05, 3.63) is 54.1 Å². The first-order valence-corrected chi connectivity index (χ1v) is 10.6. The van der Waals surface area contributed by atoms with Gasteiger partial charge < -0.3 is 19.4 Å². The van der Waals surface area contributed by atoms with Gasteiger partial charge in [0.15, 0.2) is 0 Å². The molecule has 6 heteroatoms. The van der Waals surface area contributed by atoms with Crippen molar-refractivity contribution in [3.8, 4) is 17.0 Å². The molecule has 0 aliphatic heterocycles. The Morgan fingerprint density at radius 3 is 2.42 bits per heavy atom. The molecule has 1 aromatic heterocycles. The Kier molecular flexibility index (Phi) is 7.34. The third-order valence-electron chi connectivity index (χ3n) is 5.61. The summed E-state index contributed by atoms with van der Waals surface area (Å²) in [5.41, 5.74) is 4.22. The van der Waals surface area contributed by atoms with Crippen LogP contribution < -0.4 is 4.74 Å². The lowest BCUT2D eigenvalue weighted by Crippen LogP contribution is -2.37. The fourth-order valence-corrected chi connectivity index (χ4v) is 3.87. The Labute approximate surface area is 183 Å². The molecule has 3 aromatic rings. The lowest BCUT2D eigenvalue weighted by molar-refractivity contribution is -0.146. The molecule has 0 radical (unpaired) electrons. The van der Waals surface area contributed by atoms with Crippen LogP contribution in [-0.4, -0.2) is 49.1 Å². The third kappa shape index (κ3) is 5.08. The lowest BCUT2D eigenvalue weighted by Gasteiger charge is -2.23. The van der Waals surface area contributed by atoms with E-state index in [-0.39, 0.29) is 17.8 Å². The Balaban J connectivity index is 1.83. The van der Waals surface area contributed by atoms with Gasteiger partial charge in [0.1, 0.15) is 5.75 Å². The van der Waals surface area contributed by atoms with Crippen LogP contribution in [0.5, 0.6) is 5.75 Å². The number of amides is 1. The number of fused-ring (bicyclic) bond motifs is 1. The molecule has 3 rings (SSSR count). The average Bonchev–Trinajstić information content (AvgIpc) is 3.18. The van der Waals surface area contributed by atoms with Crippen molar-refractivity contribution in [2.45, 2.75) is 26.7 Å². The van der Waals surface area contributed by atoms with Gasteiger partial charge in [0.25, 0.3) is 0 Å². The molecule has 0 saturated heterocycles. The molecule has 0 aliphatic rings. The number of nitrogens with zero attached hydrogens (tertiary/aromatic N) is 1. The number of carbonyl (C=O) groups is 2. The topological polar surface area (TPSA) is 71.6 Å². The molecular formula is C25H30N2O4. The first-order valence-electron chi connectivity index (χ1n) is 10.6. The summed E-state index contributed by atoms with van der Waals surface area (Å²) in [6.45, 7) is 4.63. The molecule has 2 aromatic carbocycles. The number of carbonyl (C=O) groups excluding carboxylic acids is 2. The number of para-hydroxylation sites is 1. The van der Waals surface area contributed by atoms with Crippen LogP contribution in [0.15, 0.2) is 48.5 Å². The highest BCUT2D eigenvalue weighted by atomic mass is 16.5. The van der Waals surface area contributed by atoms with Crippen molar-refractivity contribution >= 4 is 22.8 Å². The van der Waals surface area contributed by atoms with Crippen LogP contribution >= 0.6 is 0 Å². The van der Waals surface area contributed by atoms with Gasteiger partial charge in [-0.2, -0.15) is 0 Å². The lowest BCUT2D eigenvalue weighted by atomic mass is 10.0. The van der Waals surface area contributed by atoms with Crippen LogP contribution in [0, 0.1) is 5.92 Å². The number of esters is 1. The second-order valence-electron chi connectivity index (χ2n) is 7.61. The molecule has 0 saturated carbocycles. The molecule has 0 spiro atoms. The first kappa shape index (κ1) is 22.4. The van der Waals surface area contributed by atoms with Gasteiger partial charge in [-0.05, 0) is 54.8 Å². The number of benzene rings is 2. The number of rotatable bonds is 9. The van der Waals surface area contributed by atoms with Crippen molar-refractivity contribution in [3.63, 3.8) is 0 Å². The van der Waals surface area contributed by atoms with Crippen molar-refractivity contribution < 1.29 is 19.1 Å². The van der Waals surface area contributed by atoms with Gasteiger partial charge in [0.05, 0.1) is 20.1 Å². The first-order chi connectivity index (χ1) is 15.0. The summed E-state index contributed by atoms with van der Waals surface area (Å²) < 4.78 is 10.1. The van der Waals surface area contributed by atoms with Crippen LogP contribution in [0.4, 0.5) is 0 Å². The van der Waals surface area contributed by atoms with Crippen LogP contribution in [0.25, 0.3) is 22.2 Å². The van der Waals surface area contributed by atoms with Crippen molar-refractivity contribution in [2.24, 2.45) is 5.92 Å². The minimum Gasteiger partial charge on any atom is -0.497 e. The van der Waals surface area contributed by atoms with Crippen molar-refractivity contribution in [1.82, 2.24) is 9.88 Å². The number of aryl methyl sites for hydroxylation is 1. The molecule has 0 fully saturated rings. The number of aromatic amines is 1. The van der Waals surface area contributed by atoms with Gasteiger partial charge in [-0.3, -0.25) is 9.59 Å². The van der Waals surface area contributed by atoms with Gasteiger partial charge >= 0.3 is 5.97 Å². The fourth-order valence-electron chi connectivity index (χ4n) is 3.87. The molecule has 164 valence electrons. The zero-order valence-electron chi connectivity index (χ0n) is 18.6. The highest BCUT2D eigenvalue weighted by Gasteiger charge is 2.21. The maximum absolute atomic E-state index is 12.9. The van der Waals surface area contributed by atoms with Gasteiger partial charge in [-0.25, -0.2) is 0 Å². The highest BCUT2D eigenvalue weighted by Crippen LogP contribution is 2.32. The summed E-state index contributed by atoms with van der Waals surface area (Å²) in [7, 11) is 3.02. The van der Waals surface area contributed by atoms with E-state index in [0.717, 1.165) is 33.5 Å². The number of nitrogens with one attached hydrogen (secondary N) is 1.